The molecule has 0 unspecified atom stereocenters. The van der Waals surface area contributed by atoms with Gasteiger partial charge >= 0.3 is 0 Å². The Kier molecular flexibility index (Phi) is 6.88. The van der Waals surface area contributed by atoms with Gasteiger partial charge in [-0.3, -0.25) is 25.2 Å². The van der Waals surface area contributed by atoms with Gasteiger partial charge in [-0.2, -0.15) is 0 Å². The molecule has 2 aromatic carbocycles. The summed E-state index contributed by atoms with van der Waals surface area (Å²) in [5, 5.41) is 0.433. The van der Waals surface area contributed by atoms with Crippen LogP contribution in [0.1, 0.15) is 57.5 Å². The van der Waals surface area contributed by atoms with Crippen LogP contribution in [0.25, 0.3) is 0 Å². The number of nitrogens with one attached hydrogen (secondary N) is 2. The van der Waals surface area contributed by atoms with Crippen LogP contribution in [0.5, 0.6) is 5.75 Å². The third-order valence-electron chi connectivity index (χ3n) is 4.97. The van der Waals surface area contributed by atoms with E-state index in [4.69, 9.17) is 16.3 Å². The summed E-state index contributed by atoms with van der Waals surface area (Å²) in [6.45, 7) is 0. The van der Waals surface area contributed by atoms with Gasteiger partial charge in [-0.15, -0.1) is 0 Å². The van der Waals surface area contributed by atoms with Crippen molar-refractivity contribution in [2.24, 2.45) is 0 Å². The molecule has 2 aromatic rings. The quantitative estimate of drug-likeness (QED) is 0.558. The van der Waals surface area contributed by atoms with Crippen molar-refractivity contribution in [3.63, 3.8) is 0 Å². The first-order valence-electron chi connectivity index (χ1n) is 9.55. The number of carbonyl (C=O) groups excluding carboxylic acids is 3. The van der Waals surface area contributed by atoms with E-state index in [2.05, 4.69) is 10.9 Å². The van der Waals surface area contributed by atoms with Gasteiger partial charge in [0.2, 0.25) is 5.91 Å². The maximum atomic E-state index is 12.4. The Bertz CT molecular complexity index is 942. The number of amides is 2. The molecule has 1 aliphatic rings. The number of ether oxygens (including phenoxy) is 1. The zero-order valence-corrected chi connectivity index (χ0v) is 17.0. The van der Waals surface area contributed by atoms with Crippen LogP contribution in [-0.4, -0.2) is 24.7 Å². The molecule has 0 fully saturated rings. The number of fused-ring (bicyclic) bond motifs is 1. The minimum atomic E-state index is -0.534. The first kappa shape index (κ1) is 20.9. The predicted molar refractivity (Wildman–Crippen MR) is 110 cm³/mol. The van der Waals surface area contributed by atoms with Crippen LogP contribution in [0, 0.1) is 0 Å². The number of methoxy groups -OCH3 is 1. The summed E-state index contributed by atoms with van der Waals surface area (Å²) in [6, 6.07) is 10.4. The Morgan fingerprint density at radius 1 is 0.966 bits per heavy atom. The van der Waals surface area contributed by atoms with Crippen LogP contribution in [0.15, 0.2) is 36.4 Å². The number of hydrogen-bond acceptors (Lipinski definition) is 4. The molecule has 29 heavy (non-hydrogen) atoms. The van der Waals surface area contributed by atoms with Gasteiger partial charge in [0.15, 0.2) is 5.78 Å². The third kappa shape index (κ3) is 5.35. The summed E-state index contributed by atoms with van der Waals surface area (Å²) in [6.07, 6.45) is 4.44. The first-order chi connectivity index (χ1) is 14.0. The number of Topliss-reactive ketones (excluding diaryl/α,β-unsaturated/α-hetero) is 1. The molecule has 0 radical (unpaired) electrons. The Balaban J connectivity index is 1.50. The third-order valence-corrected chi connectivity index (χ3v) is 5.21. The average Bonchev–Trinajstić information content (AvgIpc) is 2.75. The molecular weight excluding hydrogens is 392 g/mol. The summed E-state index contributed by atoms with van der Waals surface area (Å²) >= 11 is 5.87. The van der Waals surface area contributed by atoms with E-state index in [0.717, 1.165) is 19.3 Å². The molecule has 1 aliphatic carbocycles. The van der Waals surface area contributed by atoms with Crippen molar-refractivity contribution < 1.29 is 19.1 Å². The smallest absolute Gasteiger partial charge is 0.273 e. The van der Waals surface area contributed by atoms with Crippen molar-refractivity contribution in [2.45, 2.75) is 38.5 Å². The molecular formula is C22H23ClN2O4. The average molecular weight is 415 g/mol. The van der Waals surface area contributed by atoms with Crippen molar-refractivity contribution in [1.82, 2.24) is 10.9 Å². The maximum Gasteiger partial charge on any atom is 0.273 e. The first-order valence-corrected chi connectivity index (χ1v) is 9.93. The Morgan fingerprint density at radius 3 is 2.48 bits per heavy atom. The van der Waals surface area contributed by atoms with Crippen LogP contribution < -0.4 is 15.6 Å². The van der Waals surface area contributed by atoms with Crippen LogP contribution in [0.3, 0.4) is 0 Å². The summed E-state index contributed by atoms with van der Waals surface area (Å²) in [5.41, 5.74) is 8.06. The lowest BCUT2D eigenvalue weighted by Gasteiger charge is -2.16. The summed E-state index contributed by atoms with van der Waals surface area (Å²) in [5.74, 6) is -0.767. The van der Waals surface area contributed by atoms with Crippen LogP contribution >= 0.6 is 11.6 Å². The largest absolute Gasteiger partial charge is 0.496 e. The van der Waals surface area contributed by atoms with Crippen molar-refractivity contribution in [2.75, 3.05) is 7.11 Å². The molecule has 0 heterocycles. The monoisotopic (exact) mass is 414 g/mol. The van der Waals surface area contributed by atoms with Gasteiger partial charge in [-0.1, -0.05) is 23.7 Å². The highest BCUT2D eigenvalue weighted by molar-refractivity contribution is 6.30. The van der Waals surface area contributed by atoms with Gasteiger partial charge in [0.1, 0.15) is 5.75 Å². The number of ketones is 1. The molecule has 0 aliphatic heterocycles. The van der Waals surface area contributed by atoms with E-state index in [1.807, 2.05) is 18.2 Å². The highest BCUT2D eigenvalue weighted by Crippen LogP contribution is 2.24. The fourth-order valence-electron chi connectivity index (χ4n) is 3.39. The Morgan fingerprint density at radius 2 is 1.72 bits per heavy atom. The molecule has 0 spiro atoms. The summed E-state index contributed by atoms with van der Waals surface area (Å²) < 4.78 is 5.12. The molecule has 7 heteroatoms. The van der Waals surface area contributed by atoms with Gasteiger partial charge in [-0.05, 0) is 61.1 Å². The lowest BCUT2D eigenvalue weighted by Crippen LogP contribution is -2.41. The van der Waals surface area contributed by atoms with Gasteiger partial charge in [0.05, 0.1) is 12.7 Å². The number of aryl methyl sites for hydroxylation is 2. The summed E-state index contributed by atoms with van der Waals surface area (Å²) in [7, 11) is 1.42. The fraction of sp³-hybridized carbons (Fsp3) is 0.318. The molecule has 0 saturated carbocycles. The standard InChI is InChI=1S/C22H23ClN2O4/c1-29-20-13-17(23)8-9-18(20)22(28)25-24-21(27)11-10-19(26)16-7-6-14-4-2-3-5-15(14)12-16/h6-9,12-13H,2-5,10-11H2,1H3,(H,24,27)(H,25,28). The van der Waals surface area contributed by atoms with Crippen molar-refractivity contribution in [3.8, 4) is 5.75 Å². The van der Waals surface area contributed by atoms with E-state index >= 15 is 0 Å². The van der Waals surface area contributed by atoms with E-state index in [1.54, 1.807) is 6.07 Å². The molecule has 0 atom stereocenters. The second kappa shape index (κ2) is 9.56. The second-order valence-corrected chi connectivity index (χ2v) is 7.40. The van der Waals surface area contributed by atoms with Crippen LogP contribution in [0.2, 0.25) is 5.02 Å². The lowest BCUT2D eigenvalue weighted by molar-refractivity contribution is -0.121. The lowest BCUT2D eigenvalue weighted by atomic mass is 9.89. The molecule has 0 bridgehead atoms. The number of hydrogen-bond donors (Lipinski definition) is 2. The number of carbonyl (C=O) groups is 3. The van der Waals surface area contributed by atoms with Gasteiger partial charge in [0, 0.05) is 23.4 Å². The zero-order valence-electron chi connectivity index (χ0n) is 16.2. The fourth-order valence-corrected chi connectivity index (χ4v) is 3.55. The van der Waals surface area contributed by atoms with E-state index in [1.165, 1.54) is 36.8 Å². The minimum absolute atomic E-state index is 0.0199. The van der Waals surface area contributed by atoms with Crippen molar-refractivity contribution in [1.29, 1.82) is 0 Å². The number of rotatable bonds is 6. The van der Waals surface area contributed by atoms with Crippen molar-refractivity contribution >= 4 is 29.2 Å². The minimum Gasteiger partial charge on any atom is -0.496 e. The summed E-state index contributed by atoms with van der Waals surface area (Å²) in [4.78, 5) is 36.7. The zero-order chi connectivity index (χ0) is 20.8. The maximum absolute atomic E-state index is 12.4. The van der Waals surface area contributed by atoms with Gasteiger partial charge in [-0.25, -0.2) is 0 Å². The normalized spacial score (nSPS) is 12.6. The molecule has 6 nitrogen and oxygen atoms in total. The molecule has 2 N–H and O–H groups in total. The Labute approximate surface area is 174 Å². The van der Waals surface area contributed by atoms with Crippen LogP contribution in [0.4, 0.5) is 0 Å². The number of hydrazine groups is 1. The molecule has 152 valence electrons. The van der Waals surface area contributed by atoms with Crippen LogP contribution in [-0.2, 0) is 17.6 Å². The van der Waals surface area contributed by atoms with Crippen molar-refractivity contribution in [3.05, 3.63) is 63.7 Å². The Hall–Kier alpha value is -2.86. The van der Waals surface area contributed by atoms with E-state index in [9.17, 15) is 14.4 Å². The van der Waals surface area contributed by atoms with Gasteiger partial charge < -0.3 is 4.74 Å². The SMILES string of the molecule is COc1cc(Cl)ccc1C(=O)NNC(=O)CCC(=O)c1ccc2c(c1)CCCC2. The van der Waals surface area contributed by atoms with Gasteiger partial charge in [0.25, 0.3) is 5.91 Å². The number of benzene rings is 2. The molecule has 3 rings (SSSR count). The highest BCUT2D eigenvalue weighted by atomic mass is 35.5. The van der Waals surface area contributed by atoms with E-state index < -0.39 is 11.8 Å². The predicted octanol–water partition coefficient (Wildman–Crippen LogP) is 3.65. The number of halogens is 1. The topological polar surface area (TPSA) is 84.5 Å². The molecule has 0 aromatic heterocycles. The second-order valence-electron chi connectivity index (χ2n) is 6.96. The molecule has 2 amide bonds. The molecule has 0 saturated heterocycles. The van der Waals surface area contributed by atoms with E-state index in [-0.39, 0.29) is 24.2 Å². The highest BCUT2D eigenvalue weighted by Gasteiger charge is 2.16. The van der Waals surface area contributed by atoms with E-state index in [0.29, 0.717) is 16.3 Å².